The molecule has 124 valence electrons. The van der Waals surface area contributed by atoms with Crippen LogP contribution >= 0.6 is 39.1 Å². The molecule has 0 unspecified atom stereocenters. The number of carbonyl (C=O) groups is 1. The molecule has 3 aromatic rings. The Morgan fingerprint density at radius 3 is 2.67 bits per heavy atom. The van der Waals surface area contributed by atoms with Crippen molar-refractivity contribution in [1.29, 1.82) is 0 Å². The van der Waals surface area contributed by atoms with Crippen LogP contribution in [0.1, 0.15) is 6.92 Å². The third-order valence-corrected chi connectivity index (χ3v) is 4.96. The van der Waals surface area contributed by atoms with Crippen LogP contribution in [0.3, 0.4) is 0 Å². The Kier molecular flexibility index (Phi) is 4.85. The second kappa shape index (κ2) is 6.75. The normalized spacial score (nSPS) is 11.2. The van der Waals surface area contributed by atoms with Crippen LogP contribution in [0.25, 0.3) is 21.8 Å². The van der Waals surface area contributed by atoms with Gasteiger partial charge < -0.3 is 9.30 Å². The van der Waals surface area contributed by atoms with Gasteiger partial charge in [-0.2, -0.15) is 0 Å². The molecular formula is C17H12BrCl2NO3. The van der Waals surface area contributed by atoms with Crippen molar-refractivity contribution in [3.63, 3.8) is 0 Å². The van der Waals surface area contributed by atoms with E-state index in [9.17, 15) is 9.59 Å². The minimum atomic E-state index is -0.414. The highest BCUT2D eigenvalue weighted by Gasteiger charge is 2.17. The first-order valence-electron chi connectivity index (χ1n) is 7.19. The number of ether oxygens (including phenoxy) is 1. The topological polar surface area (TPSA) is 48.3 Å². The second-order valence-electron chi connectivity index (χ2n) is 5.14. The van der Waals surface area contributed by atoms with Crippen LogP contribution in [0, 0.1) is 0 Å². The van der Waals surface area contributed by atoms with Crippen molar-refractivity contribution < 1.29 is 9.53 Å². The van der Waals surface area contributed by atoms with Crippen molar-refractivity contribution >= 4 is 66.9 Å². The third kappa shape index (κ3) is 2.92. The van der Waals surface area contributed by atoms with Crippen LogP contribution in [0.2, 0.25) is 10.0 Å². The quantitative estimate of drug-likeness (QED) is 0.445. The average Bonchev–Trinajstić information content (AvgIpc) is 2.54. The van der Waals surface area contributed by atoms with Gasteiger partial charge in [0.05, 0.1) is 27.7 Å². The van der Waals surface area contributed by atoms with Gasteiger partial charge in [-0.1, -0.05) is 39.1 Å². The average molecular weight is 429 g/mol. The highest BCUT2D eigenvalue weighted by molar-refractivity contribution is 9.10. The number of rotatable bonds is 3. The molecule has 0 saturated carbocycles. The molecule has 1 heterocycles. The maximum atomic E-state index is 12.8. The Hall–Kier alpha value is -1.56. The van der Waals surface area contributed by atoms with E-state index >= 15 is 0 Å². The number of halogens is 3. The summed E-state index contributed by atoms with van der Waals surface area (Å²) in [5.74, 6) is -0.414. The highest BCUT2D eigenvalue weighted by atomic mass is 79.9. The summed E-state index contributed by atoms with van der Waals surface area (Å²) in [6.07, 6.45) is 0. The van der Waals surface area contributed by atoms with Gasteiger partial charge in [0.2, 0.25) is 0 Å². The van der Waals surface area contributed by atoms with E-state index in [0.717, 1.165) is 4.47 Å². The Morgan fingerprint density at radius 2 is 1.96 bits per heavy atom. The SMILES string of the molecule is CCOC(=O)Cn1c2ccc(Br)cc2c(=O)c2ccc(Cl)c(Cl)c21. The minimum absolute atomic E-state index is 0.0667. The van der Waals surface area contributed by atoms with E-state index in [4.69, 9.17) is 27.9 Å². The van der Waals surface area contributed by atoms with E-state index < -0.39 is 5.97 Å². The fourth-order valence-electron chi connectivity index (χ4n) is 2.68. The minimum Gasteiger partial charge on any atom is -0.465 e. The monoisotopic (exact) mass is 427 g/mol. The van der Waals surface area contributed by atoms with Gasteiger partial charge >= 0.3 is 5.97 Å². The number of carbonyl (C=O) groups excluding carboxylic acids is 1. The lowest BCUT2D eigenvalue weighted by atomic mass is 10.1. The molecule has 4 nitrogen and oxygen atoms in total. The maximum absolute atomic E-state index is 12.8. The summed E-state index contributed by atoms with van der Waals surface area (Å²) < 4.78 is 7.49. The summed E-state index contributed by atoms with van der Waals surface area (Å²) in [5, 5.41) is 1.44. The molecular weight excluding hydrogens is 417 g/mol. The molecule has 0 spiro atoms. The lowest BCUT2D eigenvalue weighted by molar-refractivity contribution is -0.143. The number of fused-ring (bicyclic) bond motifs is 2. The Bertz CT molecular complexity index is 1030. The summed E-state index contributed by atoms with van der Waals surface area (Å²) in [6, 6.07) is 8.48. The third-order valence-electron chi connectivity index (χ3n) is 3.67. The van der Waals surface area contributed by atoms with Gasteiger partial charge in [-0.25, -0.2) is 0 Å². The smallest absolute Gasteiger partial charge is 0.325 e. The molecule has 0 fully saturated rings. The number of hydrogen-bond donors (Lipinski definition) is 0. The first-order valence-corrected chi connectivity index (χ1v) is 8.74. The zero-order valence-corrected chi connectivity index (χ0v) is 15.7. The maximum Gasteiger partial charge on any atom is 0.325 e. The lowest BCUT2D eigenvalue weighted by Crippen LogP contribution is -2.18. The first kappa shape index (κ1) is 17.3. The van der Waals surface area contributed by atoms with Crippen LogP contribution in [-0.4, -0.2) is 17.1 Å². The largest absolute Gasteiger partial charge is 0.465 e. The van der Waals surface area contributed by atoms with Crippen molar-refractivity contribution in [2.45, 2.75) is 13.5 Å². The molecule has 0 atom stereocenters. The van der Waals surface area contributed by atoms with E-state index in [1.165, 1.54) is 0 Å². The van der Waals surface area contributed by atoms with Gasteiger partial charge in [0.25, 0.3) is 0 Å². The van der Waals surface area contributed by atoms with E-state index in [2.05, 4.69) is 15.9 Å². The standard InChI is InChI=1S/C17H12BrCl2NO3/c1-2-24-14(22)8-21-13-6-3-9(18)7-11(13)17(23)10-4-5-12(19)15(20)16(10)21/h3-7H,2,8H2,1H3. The predicted octanol–water partition coefficient (Wildman–Crippen LogP) is 4.79. The molecule has 3 rings (SSSR count). The van der Waals surface area contributed by atoms with Crippen LogP contribution in [0.4, 0.5) is 0 Å². The number of nitrogens with zero attached hydrogens (tertiary/aromatic N) is 1. The molecule has 7 heteroatoms. The molecule has 0 saturated heterocycles. The molecule has 0 radical (unpaired) electrons. The van der Waals surface area contributed by atoms with Gasteiger partial charge in [0.1, 0.15) is 6.54 Å². The van der Waals surface area contributed by atoms with E-state index in [0.29, 0.717) is 26.8 Å². The summed E-state index contributed by atoms with van der Waals surface area (Å²) in [6.45, 7) is 1.94. The second-order valence-corrected chi connectivity index (χ2v) is 6.84. The number of esters is 1. The highest BCUT2D eigenvalue weighted by Crippen LogP contribution is 2.32. The number of benzene rings is 2. The van der Waals surface area contributed by atoms with Crippen molar-refractivity contribution in [2.75, 3.05) is 6.61 Å². The first-order chi connectivity index (χ1) is 11.4. The Morgan fingerprint density at radius 1 is 1.21 bits per heavy atom. The van der Waals surface area contributed by atoms with Gasteiger partial charge in [-0.15, -0.1) is 0 Å². The lowest BCUT2D eigenvalue weighted by Gasteiger charge is -2.16. The van der Waals surface area contributed by atoms with Gasteiger partial charge in [-0.3, -0.25) is 9.59 Å². The van der Waals surface area contributed by atoms with Crippen molar-refractivity contribution in [1.82, 2.24) is 4.57 Å². The zero-order valence-electron chi connectivity index (χ0n) is 12.6. The molecule has 0 aliphatic heterocycles. The van der Waals surface area contributed by atoms with Crippen molar-refractivity contribution in [3.05, 3.63) is 55.1 Å². The number of pyridine rings is 1. The fraction of sp³-hybridized carbons (Fsp3) is 0.176. The zero-order chi connectivity index (χ0) is 17.4. The summed E-state index contributed by atoms with van der Waals surface area (Å²) in [5.41, 5.74) is 0.852. The molecule has 24 heavy (non-hydrogen) atoms. The van der Waals surface area contributed by atoms with E-state index in [1.54, 1.807) is 41.8 Å². The molecule has 0 aliphatic rings. The summed E-state index contributed by atoms with van der Waals surface area (Å²) in [7, 11) is 0. The van der Waals surface area contributed by atoms with Crippen LogP contribution in [-0.2, 0) is 16.1 Å². The Labute approximate surface area is 156 Å². The number of hydrogen-bond acceptors (Lipinski definition) is 3. The molecule has 0 N–H and O–H groups in total. The van der Waals surface area contributed by atoms with Crippen LogP contribution in [0.5, 0.6) is 0 Å². The fourth-order valence-corrected chi connectivity index (χ4v) is 3.46. The van der Waals surface area contributed by atoms with Crippen molar-refractivity contribution in [3.8, 4) is 0 Å². The molecule has 0 amide bonds. The summed E-state index contributed by atoms with van der Waals surface area (Å²) >= 11 is 15.8. The predicted molar refractivity (Wildman–Crippen MR) is 100 cm³/mol. The van der Waals surface area contributed by atoms with Gasteiger partial charge in [0, 0.05) is 15.2 Å². The molecule has 0 aliphatic carbocycles. The van der Waals surface area contributed by atoms with Gasteiger partial charge in [-0.05, 0) is 37.3 Å². The van der Waals surface area contributed by atoms with Crippen molar-refractivity contribution in [2.24, 2.45) is 0 Å². The molecule has 2 aromatic carbocycles. The van der Waals surface area contributed by atoms with Gasteiger partial charge in [0.15, 0.2) is 5.43 Å². The molecule has 1 aromatic heterocycles. The van der Waals surface area contributed by atoms with E-state index in [1.807, 2.05) is 0 Å². The van der Waals surface area contributed by atoms with Crippen LogP contribution < -0.4 is 5.43 Å². The molecule has 0 bridgehead atoms. The van der Waals surface area contributed by atoms with Crippen LogP contribution in [0.15, 0.2) is 39.6 Å². The summed E-state index contributed by atoms with van der Waals surface area (Å²) in [4.78, 5) is 24.9. The number of aromatic nitrogens is 1. The Balaban J connectivity index is 2.46. The van der Waals surface area contributed by atoms with E-state index in [-0.39, 0.29) is 23.6 Å².